The molecular weight excluding hydrogens is 326 g/mol. The number of rotatable bonds is 5. The summed E-state index contributed by atoms with van der Waals surface area (Å²) in [6.45, 7) is 4.30. The molecule has 21 heavy (non-hydrogen) atoms. The van der Waals surface area contributed by atoms with Crippen LogP contribution in [0.2, 0.25) is 0 Å². The van der Waals surface area contributed by atoms with Crippen molar-refractivity contribution >= 4 is 15.9 Å². The summed E-state index contributed by atoms with van der Waals surface area (Å²) in [4.78, 5) is 0. The summed E-state index contributed by atoms with van der Waals surface area (Å²) in [6, 6.07) is 13.0. The number of hydrogen-bond acceptors (Lipinski definition) is 2. The van der Waals surface area contributed by atoms with E-state index >= 15 is 0 Å². The first-order valence-corrected chi connectivity index (χ1v) is 7.91. The summed E-state index contributed by atoms with van der Waals surface area (Å²) in [5, 5.41) is 3.40. The van der Waals surface area contributed by atoms with E-state index in [1.54, 1.807) is 7.11 Å². The molecule has 0 aliphatic rings. The summed E-state index contributed by atoms with van der Waals surface area (Å²) in [5.41, 5.74) is 5.18. The molecule has 0 amide bonds. The second kappa shape index (κ2) is 7.10. The molecule has 0 aliphatic heterocycles. The maximum Gasteiger partial charge on any atom is 0.123 e. The monoisotopic (exact) mass is 347 g/mol. The van der Waals surface area contributed by atoms with Gasteiger partial charge in [-0.15, -0.1) is 0 Å². The van der Waals surface area contributed by atoms with Crippen LogP contribution in [0.25, 0.3) is 0 Å². The van der Waals surface area contributed by atoms with Gasteiger partial charge in [-0.3, -0.25) is 0 Å². The summed E-state index contributed by atoms with van der Waals surface area (Å²) in [7, 11) is 3.71. The third kappa shape index (κ3) is 3.86. The minimum atomic E-state index is 0.222. The van der Waals surface area contributed by atoms with Crippen molar-refractivity contribution in [2.45, 2.75) is 26.3 Å². The standard InChI is InChI=1S/C18H22BrNO/c1-12-5-6-14(9-13(12)2)10-17(20-3)16-11-15(19)7-8-18(16)21-4/h5-9,11,17,20H,10H2,1-4H3. The fourth-order valence-electron chi connectivity index (χ4n) is 2.51. The van der Waals surface area contributed by atoms with Crippen LogP contribution < -0.4 is 10.1 Å². The lowest BCUT2D eigenvalue weighted by Gasteiger charge is -2.20. The predicted molar refractivity (Wildman–Crippen MR) is 92.1 cm³/mol. The highest BCUT2D eigenvalue weighted by molar-refractivity contribution is 9.10. The molecule has 0 heterocycles. The number of aryl methyl sites for hydroxylation is 2. The number of methoxy groups -OCH3 is 1. The van der Waals surface area contributed by atoms with Crippen LogP contribution in [0.3, 0.4) is 0 Å². The van der Waals surface area contributed by atoms with Crippen LogP contribution in [0.4, 0.5) is 0 Å². The van der Waals surface area contributed by atoms with Gasteiger partial charge in [0.2, 0.25) is 0 Å². The molecule has 0 aliphatic carbocycles. The quantitative estimate of drug-likeness (QED) is 0.854. The zero-order valence-corrected chi connectivity index (χ0v) is 14.6. The van der Waals surface area contributed by atoms with Gasteiger partial charge in [-0.2, -0.15) is 0 Å². The van der Waals surface area contributed by atoms with Gasteiger partial charge in [0.05, 0.1) is 7.11 Å². The van der Waals surface area contributed by atoms with Gasteiger partial charge in [0.1, 0.15) is 5.75 Å². The van der Waals surface area contributed by atoms with Crippen LogP contribution in [0.1, 0.15) is 28.3 Å². The molecular formula is C18H22BrNO. The van der Waals surface area contributed by atoms with Crippen LogP contribution in [0.15, 0.2) is 40.9 Å². The number of benzene rings is 2. The van der Waals surface area contributed by atoms with Crippen molar-refractivity contribution in [3.05, 3.63) is 63.1 Å². The first-order chi connectivity index (χ1) is 10.0. The topological polar surface area (TPSA) is 21.3 Å². The lowest BCUT2D eigenvalue weighted by molar-refractivity contribution is 0.401. The van der Waals surface area contributed by atoms with Crippen molar-refractivity contribution in [3.8, 4) is 5.75 Å². The Balaban J connectivity index is 2.31. The lowest BCUT2D eigenvalue weighted by Crippen LogP contribution is -2.19. The third-order valence-electron chi connectivity index (χ3n) is 3.93. The second-order valence-corrected chi connectivity index (χ2v) is 6.27. The molecule has 2 rings (SSSR count). The Bertz CT molecular complexity index is 625. The Kier molecular flexibility index (Phi) is 5.43. The summed E-state index contributed by atoms with van der Waals surface area (Å²) >= 11 is 3.55. The summed E-state index contributed by atoms with van der Waals surface area (Å²) in [5.74, 6) is 0.918. The largest absolute Gasteiger partial charge is 0.496 e. The van der Waals surface area contributed by atoms with E-state index in [-0.39, 0.29) is 6.04 Å². The Morgan fingerprint density at radius 1 is 1.10 bits per heavy atom. The molecule has 3 heteroatoms. The molecule has 0 saturated heterocycles. The second-order valence-electron chi connectivity index (χ2n) is 5.35. The molecule has 1 N–H and O–H groups in total. The smallest absolute Gasteiger partial charge is 0.123 e. The zero-order chi connectivity index (χ0) is 15.4. The Labute approximate surface area is 135 Å². The summed E-state index contributed by atoms with van der Waals surface area (Å²) < 4.78 is 6.57. The average molecular weight is 348 g/mol. The van der Waals surface area contributed by atoms with Crippen LogP contribution in [-0.2, 0) is 6.42 Å². The van der Waals surface area contributed by atoms with Crippen molar-refractivity contribution in [3.63, 3.8) is 0 Å². The van der Waals surface area contributed by atoms with Gasteiger partial charge in [0.25, 0.3) is 0 Å². The minimum absolute atomic E-state index is 0.222. The first kappa shape index (κ1) is 16.1. The van der Waals surface area contributed by atoms with Crippen molar-refractivity contribution in [1.29, 1.82) is 0 Å². The van der Waals surface area contributed by atoms with Crippen LogP contribution in [-0.4, -0.2) is 14.2 Å². The van der Waals surface area contributed by atoms with E-state index in [4.69, 9.17) is 4.74 Å². The molecule has 0 fully saturated rings. The highest BCUT2D eigenvalue weighted by atomic mass is 79.9. The third-order valence-corrected chi connectivity index (χ3v) is 4.42. The SMILES string of the molecule is CNC(Cc1ccc(C)c(C)c1)c1cc(Br)ccc1OC. The molecule has 2 aromatic carbocycles. The molecule has 1 atom stereocenters. The van der Waals surface area contributed by atoms with E-state index < -0.39 is 0 Å². The number of halogens is 1. The Morgan fingerprint density at radius 3 is 2.48 bits per heavy atom. The number of nitrogens with one attached hydrogen (secondary N) is 1. The maximum absolute atomic E-state index is 5.50. The Morgan fingerprint density at radius 2 is 1.86 bits per heavy atom. The van der Waals surface area contributed by atoms with Gasteiger partial charge >= 0.3 is 0 Å². The van der Waals surface area contributed by atoms with Crippen molar-refractivity contribution in [2.24, 2.45) is 0 Å². The number of ether oxygens (including phenoxy) is 1. The lowest BCUT2D eigenvalue weighted by atomic mass is 9.96. The van der Waals surface area contributed by atoms with E-state index in [1.807, 2.05) is 19.2 Å². The fraction of sp³-hybridized carbons (Fsp3) is 0.333. The van der Waals surface area contributed by atoms with E-state index in [1.165, 1.54) is 22.3 Å². The minimum Gasteiger partial charge on any atom is -0.496 e. The molecule has 0 saturated carbocycles. The van der Waals surface area contributed by atoms with E-state index in [0.29, 0.717) is 0 Å². The van der Waals surface area contributed by atoms with Crippen LogP contribution in [0.5, 0.6) is 5.75 Å². The molecule has 0 radical (unpaired) electrons. The number of likely N-dealkylation sites (N-methyl/N-ethyl adjacent to an activating group) is 1. The molecule has 0 bridgehead atoms. The van der Waals surface area contributed by atoms with Crippen molar-refractivity contribution in [1.82, 2.24) is 5.32 Å². The summed E-state index contributed by atoms with van der Waals surface area (Å²) in [6.07, 6.45) is 0.935. The van der Waals surface area contributed by atoms with Gasteiger partial charge < -0.3 is 10.1 Å². The number of hydrogen-bond donors (Lipinski definition) is 1. The van der Waals surface area contributed by atoms with E-state index in [9.17, 15) is 0 Å². The van der Waals surface area contributed by atoms with Gasteiger partial charge in [-0.1, -0.05) is 34.1 Å². The maximum atomic E-state index is 5.50. The van der Waals surface area contributed by atoms with Gasteiger partial charge in [0, 0.05) is 16.1 Å². The average Bonchev–Trinajstić information content (AvgIpc) is 2.48. The molecule has 1 unspecified atom stereocenters. The fourth-order valence-corrected chi connectivity index (χ4v) is 2.89. The van der Waals surface area contributed by atoms with E-state index in [0.717, 1.165) is 16.6 Å². The predicted octanol–water partition coefficient (Wildman–Crippen LogP) is 4.58. The first-order valence-electron chi connectivity index (χ1n) is 7.12. The van der Waals surface area contributed by atoms with Crippen molar-refractivity contribution < 1.29 is 4.74 Å². The highest BCUT2D eigenvalue weighted by Crippen LogP contribution is 2.30. The zero-order valence-electron chi connectivity index (χ0n) is 13.0. The van der Waals surface area contributed by atoms with Gasteiger partial charge in [-0.05, 0) is 62.2 Å². The molecule has 0 aromatic heterocycles. The van der Waals surface area contributed by atoms with Gasteiger partial charge in [-0.25, -0.2) is 0 Å². The molecule has 0 spiro atoms. The normalized spacial score (nSPS) is 12.2. The van der Waals surface area contributed by atoms with Gasteiger partial charge in [0.15, 0.2) is 0 Å². The Hall–Kier alpha value is -1.32. The molecule has 112 valence electrons. The van der Waals surface area contributed by atoms with Crippen LogP contribution >= 0.6 is 15.9 Å². The highest BCUT2D eigenvalue weighted by Gasteiger charge is 2.15. The van der Waals surface area contributed by atoms with Crippen LogP contribution in [0, 0.1) is 13.8 Å². The van der Waals surface area contributed by atoms with Crippen molar-refractivity contribution in [2.75, 3.05) is 14.2 Å². The molecule has 2 aromatic rings. The van der Waals surface area contributed by atoms with E-state index in [2.05, 4.69) is 59.4 Å². The molecule has 2 nitrogen and oxygen atoms in total.